The Bertz CT molecular complexity index is 660. The Morgan fingerprint density at radius 1 is 1.15 bits per heavy atom. The van der Waals surface area contributed by atoms with Crippen molar-refractivity contribution in [3.8, 4) is 5.75 Å². The maximum Gasteiger partial charge on any atom is 0.115 e. The summed E-state index contributed by atoms with van der Waals surface area (Å²) < 4.78 is 0. The van der Waals surface area contributed by atoms with Crippen molar-refractivity contribution >= 4 is 0 Å². The summed E-state index contributed by atoms with van der Waals surface area (Å²) in [4.78, 5) is 0. The molecule has 2 fully saturated rings. The van der Waals surface area contributed by atoms with E-state index in [1.807, 2.05) is 19.2 Å². The molecule has 0 spiro atoms. The second kappa shape index (κ2) is 7.75. The van der Waals surface area contributed by atoms with E-state index in [0.717, 1.165) is 25.8 Å². The highest BCUT2D eigenvalue weighted by Gasteiger charge is 2.56. The summed E-state index contributed by atoms with van der Waals surface area (Å²) in [7, 11) is 2.03. The molecular weight excluding hydrogens is 334 g/mol. The first-order valence-corrected chi connectivity index (χ1v) is 11.2. The number of aliphatic hydroxyl groups excluding tert-OH is 1. The molecule has 3 aliphatic rings. The van der Waals surface area contributed by atoms with Crippen LogP contribution in [0.2, 0.25) is 0 Å². The zero-order valence-corrected chi connectivity index (χ0v) is 17.1. The Hall–Kier alpha value is -1.06. The van der Waals surface area contributed by atoms with Gasteiger partial charge in [0.1, 0.15) is 5.75 Å². The Labute approximate surface area is 164 Å². The lowest BCUT2D eigenvalue weighted by Crippen LogP contribution is -2.47. The van der Waals surface area contributed by atoms with Gasteiger partial charge in [0.25, 0.3) is 0 Å². The molecular formula is C24H37NO2. The van der Waals surface area contributed by atoms with E-state index in [1.165, 1.54) is 49.7 Å². The number of hydrogen-bond acceptors (Lipinski definition) is 3. The minimum absolute atomic E-state index is 0.110. The molecule has 4 rings (SSSR count). The van der Waals surface area contributed by atoms with E-state index in [9.17, 15) is 10.2 Å². The molecule has 2 saturated carbocycles. The average molecular weight is 372 g/mol. The Kier molecular flexibility index (Phi) is 5.53. The minimum Gasteiger partial charge on any atom is -0.508 e. The molecule has 6 atom stereocenters. The summed E-state index contributed by atoms with van der Waals surface area (Å²) in [5.74, 6) is 3.11. The topological polar surface area (TPSA) is 52.5 Å². The van der Waals surface area contributed by atoms with Crippen molar-refractivity contribution in [2.24, 2.45) is 23.2 Å². The maximum atomic E-state index is 10.7. The molecule has 0 aromatic heterocycles. The number of hydrogen-bond donors (Lipinski definition) is 3. The fourth-order valence-corrected chi connectivity index (χ4v) is 6.92. The highest BCUT2D eigenvalue weighted by Crippen LogP contribution is 2.62. The lowest BCUT2D eigenvalue weighted by molar-refractivity contribution is -0.0396. The second-order valence-corrected chi connectivity index (χ2v) is 9.73. The standard InChI is InChI=1S/C24H37NO2/c1-24-12-11-20-19-8-7-18(26)15-17(19)14-16(6-4-3-5-13-25-2)23(20)21(24)9-10-22(24)27/h7-8,15-16,20-23,25-27H,3-6,9-14H2,1-2H3. The van der Waals surface area contributed by atoms with Crippen LogP contribution in [0, 0.1) is 23.2 Å². The van der Waals surface area contributed by atoms with Crippen molar-refractivity contribution in [1.29, 1.82) is 0 Å². The maximum absolute atomic E-state index is 10.7. The van der Waals surface area contributed by atoms with Crippen molar-refractivity contribution in [3.63, 3.8) is 0 Å². The number of fused-ring (bicyclic) bond motifs is 5. The number of aromatic hydroxyl groups is 1. The van der Waals surface area contributed by atoms with Gasteiger partial charge in [0.05, 0.1) is 6.10 Å². The third kappa shape index (κ3) is 3.42. The van der Waals surface area contributed by atoms with Gasteiger partial charge in [-0.3, -0.25) is 0 Å². The predicted molar refractivity (Wildman–Crippen MR) is 110 cm³/mol. The van der Waals surface area contributed by atoms with Gasteiger partial charge in [0, 0.05) is 0 Å². The first kappa shape index (κ1) is 19.3. The zero-order chi connectivity index (χ0) is 19.0. The molecule has 6 unspecified atom stereocenters. The second-order valence-electron chi connectivity index (χ2n) is 9.73. The molecule has 1 aromatic carbocycles. The van der Waals surface area contributed by atoms with Crippen LogP contribution in [-0.4, -0.2) is 29.9 Å². The van der Waals surface area contributed by atoms with Gasteiger partial charge in [0.2, 0.25) is 0 Å². The van der Waals surface area contributed by atoms with Crippen LogP contribution < -0.4 is 5.32 Å². The average Bonchev–Trinajstić information content (AvgIpc) is 2.96. The molecule has 3 aliphatic carbocycles. The van der Waals surface area contributed by atoms with Crippen LogP contribution in [0.4, 0.5) is 0 Å². The number of nitrogens with one attached hydrogen (secondary N) is 1. The third-order valence-electron chi connectivity index (χ3n) is 8.34. The van der Waals surface area contributed by atoms with Crippen LogP contribution in [-0.2, 0) is 6.42 Å². The number of unbranched alkanes of at least 4 members (excludes halogenated alkanes) is 2. The lowest BCUT2D eigenvalue weighted by Gasteiger charge is -2.53. The highest BCUT2D eigenvalue weighted by atomic mass is 16.3. The van der Waals surface area contributed by atoms with Crippen molar-refractivity contribution in [1.82, 2.24) is 5.32 Å². The number of phenolic OH excluding ortho intramolecular Hbond substituents is 1. The van der Waals surface area contributed by atoms with Gasteiger partial charge >= 0.3 is 0 Å². The number of aliphatic hydroxyl groups is 1. The monoisotopic (exact) mass is 371 g/mol. The molecule has 3 nitrogen and oxygen atoms in total. The van der Waals surface area contributed by atoms with E-state index >= 15 is 0 Å². The molecule has 0 bridgehead atoms. The number of rotatable bonds is 6. The van der Waals surface area contributed by atoms with Gasteiger partial charge in [-0.1, -0.05) is 25.8 Å². The molecule has 150 valence electrons. The van der Waals surface area contributed by atoms with E-state index in [0.29, 0.717) is 29.4 Å². The van der Waals surface area contributed by atoms with E-state index in [1.54, 1.807) is 0 Å². The summed E-state index contributed by atoms with van der Waals surface area (Å²) >= 11 is 0. The summed E-state index contributed by atoms with van der Waals surface area (Å²) in [6.07, 6.45) is 10.7. The van der Waals surface area contributed by atoms with Crippen LogP contribution in [0.15, 0.2) is 18.2 Å². The summed E-state index contributed by atoms with van der Waals surface area (Å²) in [6.45, 7) is 3.47. The molecule has 0 heterocycles. The number of phenols is 1. The van der Waals surface area contributed by atoms with Gasteiger partial charge in [-0.25, -0.2) is 0 Å². The molecule has 0 amide bonds. The normalized spacial score (nSPS) is 37.5. The Balaban J connectivity index is 1.59. The molecule has 0 radical (unpaired) electrons. The first-order chi connectivity index (χ1) is 13.0. The van der Waals surface area contributed by atoms with Gasteiger partial charge in [-0.2, -0.15) is 0 Å². The number of benzene rings is 1. The summed E-state index contributed by atoms with van der Waals surface area (Å²) in [6, 6.07) is 6.10. The van der Waals surface area contributed by atoms with Crippen LogP contribution in [0.25, 0.3) is 0 Å². The predicted octanol–water partition coefficient (Wildman–Crippen LogP) is 4.62. The molecule has 3 N–H and O–H groups in total. The van der Waals surface area contributed by atoms with E-state index in [2.05, 4.69) is 18.3 Å². The summed E-state index contributed by atoms with van der Waals surface area (Å²) in [5.41, 5.74) is 3.01. The third-order valence-corrected chi connectivity index (χ3v) is 8.34. The van der Waals surface area contributed by atoms with Crippen LogP contribution in [0.1, 0.15) is 75.3 Å². The SMILES string of the molecule is CNCCCCCC1Cc2cc(O)ccc2C2CCC3(C)C(O)CCC3C12. The van der Waals surface area contributed by atoms with Crippen LogP contribution >= 0.6 is 0 Å². The van der Waals surface area contributed by atoms with Gasteiger partial charge < -0.3 is 15.5 Å². The van der Waals surface area contributed by atoms with Crippen LogP contribution in [0.3, 0.4) is 0 Å². The van der Waals surface area contributed by atoms with Crippen molar-refractivity contribution in [2.75, 3.05) is 13.6 Å². The van der Waals surface area contributed by atoms with Gasteiger partial charge in [-0.15, -0.1) is 0 Å². The molecule has 0 aliphatic heterocycles. The quantitative estimate of drug-likeness (QED) is 0.640. The van der Waals surface area contributed by atoms with Crippen LogP contribution in [0.5, 0.6) is 5.75 Å². The van der Waals surface area contributed by atoms with Crippen molar-refractivity contribution in [3.05, 3.63) is 29.3 Å². The van der Waals surface area contributed by atoms with Gasteiger partial charge in [-0.05, 0) is 111 Å². The molecule has 3 heteroatoms. The smallest absolute Gasteiger partial charge is 0.115 e. The molecule has 0 saturated heterocycles. The largest absolute Gasteiger partial charge is 0.508 e. The van der Waals surface area contributed by atoms with E-state index in [-0.39, 0.29) is 11.5 Å². The molecule has 1 aromatic rings. The van der Waals surface area contributed by atoms with Crippen molar-refractivity contribution in [2.45, 2.75) is 76.7 Å². The zero-order valence-electron chi connectivity index (χ0n) is 17.1. The first-order valence-electron chi connectivity index (χ1n) is 11.2. The van der Waals surface area contributed by atoms with Crippen molar-refractivity contribution < 1.29 is 10.2 Å². The fourth-order valence-electron chi connectivity index (χ4n) is 6.92. The van der Waals surface area contributed by atoms with E-state index < -0.39 is 0 Å². The lowest BCUT2D eigenvalue weighted by atomic mass is 9.52. The van der Waals surface area contributed by atoms with Gasteiger partial charge in [0.15, 0.2) is 0 Å². The highest BCUT2D eigenvalue weighted by molar-refractivity contribution is 5.40. The Morgan fingerprint density at radius 3 is 2.81 bits per heavy atom. The minimum atomic E-state index is -0.110. The fraction of sp³-hybridized carbons (Fsp3) is 0.750. The van der Waals surface area contributed by atoms with E-state index in [4.69, 9.17) is 0 Å². The summed E-state index contributed by atoms with van der Waals surface area (Å²) in [5, 5.41) is 24.0. The molecule has 27 heavy (non-hydrogen) atoms. The Morgan fingerprint density at radius 2 is 2.00 bits per heavy atom.